The van der Waals surface area contributed by atoms with E-state index in [2.05, 4.69) is 21.0 Å². The highest BCUT2D eigenvalue weighted by atomic mass is 79.9. The Morgan fingerprint density at radius 3 is 2.37 bits per heavy atom. The van der Waals surface area contributed by atoms with E-state index in [0.29, 0.717) is 0 Å². The molecular formula is C14H17BrFN3. The summed E-state index contributed by atoms with van der Waals surface area (Å²) >= 11 is 3.47. The topological polar surface area (TPSA) is 43.8 Å². The van der Waals surface area contributed by atoms with Crippen molar-refractivity contribution in [2.45, 2.75) is 25.3 Å². The van der Waals surface area contributed by atoms with E-state index in [1.54, 1.807) is 23.0 Å². The lowest BCUT2D eigenvalue weighted by Crippen LogP contribution is -2.34. The lowest BCUT2D eigenvalue weighted by molar-refractivity contribution is 0.398. The van der Waals surface area contributed by atoms with Crippen molar-refractivity contribution in [3.05, 3.63) is 52.0 Å². The summed E-state index contributed by atoms with van der Waals surface area (Å²) in [5, 5.41) is 4.19. The molecule has 1 unspecified atom stereocenters. The predicted octanol–water partition coefficient (Wildman–Crippen LogP) is 3.30. The summed E-state index contributed by atoms with van der Waals surface area (Å²) in [6, 6.07) is 6.23. The molecule has 2 aromatic rings. The second-order valence-corrected chi connectivity index (χ2v) is 6.06. The van der Waals surface area contributed by atoms with Crippen LogP contribution in [0.25, 0.3) is 0 Å². The fourth-order valence-corrected chi connectivity index (χ4v) is 2.77. The molecule has 0 aliphatic rings. The second kappa shape index (κ2) is 5.06. The van der Waals surface area contributed by atoms with Crippen molar-refractivity contribution in [2.75, 3.05) is 0 Å². The first-order valence-electron chi connectivity index (χ1n) is 6.03. The van der Waals surface area contributed by atoms with Crippen LogP contribution in [-0.4, -0.2) is 9.78 Å². The molecule has 102 valence electrons. The van der Waals surface area contributed by atoms with Crippen molar-refractivity contribution in [3.8, 4) is 0 Å². The van der Waals surface area contributed by atoms with E-state index in [9.17, 15) is 4.39 Å². The third-order valence-corrected chi connectivity index (χ3v) is 4.21. The van der Waals surface area contributed by atoms with Gasteiger partial charge in [-0.15, -0.1) is 0 Å². The Hall–Kier alpha value is -1.20. The highest BCUT2D eigenvalue weighted by molar-refractivity contribution is 9.10. The third kappa shape index (κ3) is 2.58. The van der Waals surface area contributed by atoms with E-state index in [-0.39, 0.29) is 17.3 Å². The minimum atomic E-state index is -0.329. The molecule has 2 N–H and O–H groups in total. The summed E-state index contributed by atoms with van der Waals surface area (Å²) in [5.41, 5.74) is 8.00. The Morgan fingerprint density at radius 1 is 1.32 bits per heavy atom. The molecule has 0 saturated heterocycles. The largest absolute Gasteiger partial charge is 0.322 e. The third-order valence-electron chi connectivity index (χ3n) is 3.60. The van der Waals surface area contributed by atoms with E-state index in [4.69, 9.17) is 5.73 Å². The summed E-state index contributed by atoms with van der Waals surface area (Å²) < 4.78 is 15.7. The molecule has 0 bridgehead atoms. The van der Waals surface area contributed by atoms with E-state index >= 15 is 0 Å². The van der Waals surface area contributed by atoms with Crippen molar-refractivity contribution in [1.82, 2.24) is 9.78 Å². The Morgan fingerprint density at radius 2 is 1.89 bits per heavy atom. The van der Waals surface area contributed by atoms with Gasteiger partial charge in [0.1, 0.15) is 5.82 Å². The van der Waals surface area contributed by atoms with Gasteiger partial charge in [0.2, 0.25) is 0 Å². The van der Waals surface area contributed by atoms with Crippen molar-refractivity contribution >= 4 is 15.9 Å². The van der Waals surface area contributed by atoms with Gasteiger partial charge in [-0.2, -0.15) is 5.10 Å². The first kappa shape index (κ1) is 14.2. The van der Waals surface area contributed by atoms with Crippen LogP contribution in [-0.2, 0) is 12.5 Å². The van der Waals surface area contributed by atoms with Crippen LogP contribution in [0.3, 0.4) is 0 Å². The van der Waals surface area contributed by atoms with Gasteiger partial charge in [0, 0.05) is 12.5 Å². The standard InChI is InChI=1S/C14H17BrFN3/c1-14(2,9-4-6-10(16)7-5-9)13(17)12-11(15)8-18-19(12)3/h4-8,13H,17H2,1-3H3. The van der Waals surface area contributed by atoms with Crippen molar-refractivity contribution < 1.29 is 4.39 Å². The lowest BCUT2D eigenvalue weighted by Gasteiger charge is -2.32. The van der Waals surface area contributed by atoms with E-state index in [1.807, 2.05) is 20.9 Å². The normalized spacial score (nSPS) is 13.6. The van der Waals surface area contributed by atoms with E-state index < -0.39 is 0 Å². The van der Waals surface area contributed by atoms with Crippen LogP contribution < -0.4 is 5.73 Å². The Kier molecular flexibility index (Phi) is 3.78. The summed E-state index contributed by atoms with van der Waals surface area (Å²) in [6.45, 7) is 4.09. The first-order valence-corrected chi connectivity index (χ1v) is 6.82. The zero-order valence-corrected chi connectivity index (χ0v) is 12.8. The molecule has 0 radical (unpaired) electrons. The Bertz CT molecular complexity index is 555. The SMILES string of the molecule is Cn1ncc(Br)c1C(N)C(C)(C)c1ccc(F)cc1. The highest BCUT2D eigenvalue weighted by Gasteiger charge is 2.32. The maximum atomic E-state index is 13.0. The molecule has 1 heterocycles. The number of aryl methyl sites for hydroxylation is 1. The molecule has 2 rings (SSSR count). The fraction of sp³-hybridized carbons (Fsp3) is 0.357. The van der Waals surface area contributed by atoms with Crippen LogP contribution in [0.1, 0.15) is 31.1 Å². The first-order chi connectivity index (χ1) is 8.84. The van der Waals surface area contributed by atoms with Gasteiger partial charge in [0.15, 0.2) is 0 Å². The van der Waals surface area contributed by atoms with Crippen LogP contribution >= 0.6 is 15.9 Å². The van der Waals surface area contributed by atoms with E-state index in [0.717, 1.165) is 15.7 Å². The lowest BCUT2D eigenvalue weighted by atomic mass is 9.77. The van der Waals surface area contributed by atoms with Gasteiger partial charge in [-0.25, -0.2) is 4.39 Å². The van der Waals surface area contributed by atoms with Gasteiger partial charge in [-0.3, -0.25) is 4.68 Å². The van der Waals surface area contributed by atoms with Gasteiger partial charge in [0.25, 0.3) is 0 Å². The van der Waals surface area contributed by atoms with Crippen molar-refractivity contribution in [3.63, 3.8) is 0 Å². The molecule has 19 heavy (non-hydrogen) atoms. The number of halogens is 2. The fourth-order valence-electron chi connectivity index (χ4n) is 2.17. The smallest absolute Gasteiger partial charge is 0.123 e. The van der Waals surface area contributed by atoms with Crippen LogP contribution in [0.5, 0.6) is 0 Å². The number of nitrogens with two attached hydrogens (primary N) is 1. The molecule has 1 atom stereocenters. The minimum absolute atomic E-state index is 0.241. The van der Waals surface area contributed by atoms with E-state index in [1.165, 1.54) is 12.1 Å². The van der Waals surface area contributed by atoms with Gasteiger partial charge < -0.3 is 5.73 Å². The molecule has 0 spiro atoms. The maximum Gasteiger partial charge on any atom is 0.123 e. The molecule has 1 aromatic carbocycles. The molecule has 1 aromatic heterocycles. The average molecular weight is 326 g/mol. The van der Waals surface area contributed by atoms with Crippen molar-refractivity contribution in [2.24, 2.45) is 12.8 Å². The van der Waals surface area contributed by atoms with Crippen molar-refractivity contribution in [1.29, 1.82) is 0 Å². The zero-order chi connectivity index (χ0) is 14.2. The molecule has 3 nitrogen and oxygen atoms in total. The quantitative estimate of drug-likeness (QED) is 0.940. The molecule has 0 aliphatic heterocycles. The van der Waals surface area contributed by atoms with Gasteiger partial charge in [0.05, 0.1) is 22.4 Å². The molecule has 0 aliphatic carbocycles. The van der Waals surface area contributed by atoms with Gasteiger partial charge >= 0.3 is 0 Å². The zero-order valence-electron chi connectivity index (χ0n) is 11.2. The van der Waals surface area contributed by atoms with Gasteiger partial charge in [-0.1, -0.05) is 26.0 Å². The molecule has 0 saturated carbocycles. The molecular weight excluding hydrogens is 309 g/mol. The highest BCUT2D eigenvalue weighted by Crippen LogP contribution is 2.37. The number of hydrogen-bond acceptors (Lipinski definition) is 2. The monoisotopic (exact) mass is 325 g/mol. The summed E-state index contributed by atoms with van der Waals surface area (Å²) in [7, 11) is 1.86. The number of aromatic nitrogens is 2. The Labute approximate surface area is 120 Å². The summed E-state index contributed by atoms with van der Waals surface area (Å²) in [6.07, 6.45) is 1.73. The van der Waals surface area contributed by atoms with Crippen LogP contribution in [0, 0.1) is 5.82 Å². The second-order valence-electron chi connectivity index (χ2n) is 5.21. The maximum absolute atomic E-state index is 13.0. The number of hydrogen-bond donors (Lipinski definition) is 1. The molecule has 0 fully saturated rings. The number of rotatable bonds is 3. The van der Waals surface area contributed by atoms with Crippen LogP contribution in [0.15, 0.2) is 34.9 Å². The van der Waals surface area contributed by atoms with Crippen LogP contribution in [0.4, 0.5) is 4.39 Å². The molecule has 0 amide bonds. The predicted molar refractivity (Wildman–Crippen MR) is 77.3 cm³/mol. The molecule has 5 heteroatoms. The van der Waals surface area contributed by atoms with Crippen LogP contribution in [0.2, 0.25) is 0 Å². The number of nitrogens with zero attached hydrogens (tertiary/aromatic N) is 2. The summed E-state index contributed by atoms with van der Waals surface area (Å²) in [4.78, 5) is 0. The number of benzene rings is 1. The Balaban J connectivity index is 2.41. The van der Waals surface area contributed by atoms with Gasteiger partial charge in [-0.05, 0) is 33.6 Å². The minimum Gasteiger partial charge on any atom is -0.322 e. The summed E-state index contributed by atoms with van der Waals surface area (Å²) in [5.74, 6) is -0.241. The average Bonchev–Trinajstić information content (AvgIpc) is 2.68.